The van der Waals surface area contributed by atoms with Gasteiger partial charge in [0.1, 0.15) is 0 Å². The van der Waals surface area contributed by atoms with E-state index in [1.807, 2.05) is 18.2 Å². The first-order chi connectivity index (χ1) is 13.1. The Labute approximate surface area is 161 Å². The van der Waals surface area contributed by atoms with E-state index in [0.29, 0.717) is 32.8 Å². The maximum atomic E-state index is 12.9. The van der Waals surface area contributed by atoms with Crippen molar-refractivity contribution in [3.8, 4) is 11.5 Å². The molecular formula is C19H28N2O5S. The fourth-order valence-corrected chi connectivity index (χ4v) is 5.54. The van der Waals surface area contributed by atoms with Crippen molar-refractivity contribution in [2.45, 2.75) is 43.9 Å². The maximum absolute atomic E-state index is 12.9. The largest absolute Gasteiger partial charge is 0.454 e. The van der Waals surface area contributed by atoms with E-state index in [0.717, 1.165) is 55.6 Å². The second kappa shape index (κ2) is 7.95. The summed E-state index contributed by atoms with van der Waals surface area (Å²) < 4.78 is 46.8. The molecule has 3 aliphatic rings. The number of fused-ring (bicyclic) bond motifs is 1. The van der Waals surface area contributed by atoms with Crippen LogP contribution in [0.2, 0.25) is 0 Å². The number of hydrogen-bond acceptors (Lipinski definition) is 5. The molecule has 0 radical (unpaired) electrons. The van der Waals surface area contributed by atoms with Crippen LogP contribution in [-0.4, -0.2) is 52.4 Å². The van der Waals surface area contributed by atoms with Gasteiger partial charge in [-0.25, -0.2) is 4.72 Å². The van der Waals surface area contributed by atoms with Crippen molar-refractivity contribution in [2.75, 3.05) is 39.6 Å². The SMILES string of the molecule is O=S(=O)(NCC1(c2ccc3c(c2)OCO3)CCOCC1)N1CCCCCC1. The summed E-state index contributed by atoms with van der Waals surface area (Å²) in [6, 6.07) is 5.94. The van der Waals surface area contributed by atoms with Crippen LogP contribution in [0, 0.1) is 0 Å². The second-order valence-corrected chi connectivity index (χ2v) is 9.36. The minimum atomic E-state index is -3.48. The molecule has 2 fully saturated rings. The molecule has 1 aromatic carbocycles. The molecule has 150 valence electrons. The van der Waals surface area contributed by atoms with E-state index < -0.39 is 10.2 Å². The lowest BCUT2D eigenvalue weighted by Crippen LogP contribution is -2.49. The Morgan fingerprint density at radius 3 is 2.44 bits per heavy atom. The normalized spacial score (nSPS) is 23.1. The van der Waals surface area contributed by atoms with E-state index in [1.54, 1.807) is 4.31 Å². The van der Waals surface area contributed by atoms with Crippen molar-refractivity contribution in [1.29, 1.82) is 0 Å². The van der Waals surface area contributed by atoms with Gasteiger partial charge in [-0.15, -0.1) is 0 Å². The average molecular weight is 397 g/mol. The first kappa shape index (κ1) is 19.0. The zero-order chi connectivity index (χ0) is 18.7. The zero-order valence-corrected chi connectivity index (χ0v) is 16.4. The van der Waals surface area contributed by atoms with E-state index in [-0.39, 0.29) is 12.2 Å². The molecule has 2 saturated heterocycles. The molecule has 4 rings (SSSR count). The Hall–Kier alpha value is -1.35. The molecule has 1 N–H and O–H groups in total. The number of nitrogens with zero attached hydrogens (tertiary/aromatic N) is 1. The number of hydrogen-bond donors (Lipinski definition) is 1. The van der Waals surface area contributed by atoms with Crippen LogP contribution in [-0.2, 0) is 20.4 Å². The molecule has 0 bridgehead atoms. The first-order valence-electron chi connectivity index (χ1n) is 9.82. The Morgan fingerprint density at radius 2 is 1.70 bits per heavy atom. The Bertz CT molecular complexity index is 753. The highest BCUT2D eigenvalue weighted by Gasteiger charge is 2.37. The van der Waals surface area contributed by atoms with Gasteiger partial charge in [-0.3, -0.25) is 0 Å². The Kier molecular flexibility index (Phi) is 5.59. The zero-order valence-electron chi connectivity index (χ0n) is 15.6. The third kappa shape index (κ3) is 4.08. The van der Waals surface area contributed by atoms with Crippen LogP contribution in [0.15, 0.2) is 18.2 Å². The summed E-state index contributed by atoms with van der Waals surface area (Å²) in [7, 11) is -3.48. The average Bonchev–Trinajstić information content (AvgIpc) is 2.98. The summed E-state index contributed by atoms with van der Waals surface area (Å²) in [6.45, 7) is 3.07. The summed E-state index contributed by atoms with van der Waals surface area (Å²) in [4.78, 5) is 0. The van der Waals surface area contributed by atoms with Crippen LogP contribution in [0.5, 0.6) is 11.5 Å². The van der Waals surface area contributed by atoms with Crippen LogP contribution >= 0.6 is 0 Å². The van der Waals surface area contributed by atoms with Gasteiger partial charge in [-0.1, -0.05) is 18.9 Å². The Balaban J connectivity index is 1.54. The summed E-state index contributed by atoms with van der Waals surface area (Å²) in [5, 5.41) is 0. The minimum Gasteiger partial charge on any atom is -0.454 e. The van der Waals surface area contributed by atoms with Gasteiger partial charge in [-0.05, 0) is 43.4 Å². The van der Waals surface area contributed by atoms with Gasteiger partial charge in [0.25, 0.3) is 10.2 Å². The number of rotatable bonds is 5. The van der Waals surface area contributed by atoms with Gasteiger partial charge in [0, 0.05) is 38.3 Å². The van der Waals surface area contributed by atoms with E-state index in [9.17, 15) is 8.42 Å². The number of nitrogens with one attached hydrogen (secondary N) is 1. The van der Waals surface area contributed by atoms with Gasteiger partial charge < -0.3 is 14.2 Å². The van der Waals surface area contributed by atoms with Crippen molar-refractivity contribution in [1.82, 2.24) is 9.03 Å². The molecular weight excluding hydrogens is 368 g/mol. The molecule has 0 spiro atoms. The van der Waals surface area contributed by atoms with Gasteiger partial charge in [-0.2, -0.15) is 12.7 Å². The van der Waals surface area contributed by atoms with Gasteiger partial charge >= 0.3 is 0 Å². The van der Waals surface area contributed by atoms with Crippen LogP contribution in [0.4, 0.5) is 0 Å². The van der Waals surface area contributed by atoms with Crippen molar-refractivity contribution in [3.63, 3.8) is 0 Å². The maximum Gasteiger partial charge on any atom is 0.279 e. The molecule has 27 heavy (non-hydrogen) atoms. The smallest absolute Gasteiger partial charge is 0.279 e. The highest BCUT2D eigenvalue weighted by atomic mass is 32.2. The van der Waals surface area contributed by atoms with Crippen molar-refractivity contribution in [3.05, 3.63) is 23.8 Å². The first-order valence-corrected chi connectivity index (χ1v) is 11.3. The lowest BCUT2D eigenvalue weighted by molar-refractivity contribution is 0.0515. The predicted molar refractivity (Wildman–Crippen MR) is 101 cm³/mol. The molecule has 0 aromatic heterocycles. The van der Waals surface area contributed by atoms with Crippen LogP contribution in [0.1, 0.15) is 44.1 Å². The molecule has 3 heterocycles. The molecule has 0 atom stereocenters. The van der Waals surface area contributed by atoms with Crippen molar-refractivity contribution >= 4 is 10.2 Å². The number of benzene rings is 1. The van der Waals surface area contributed by atoms with Gasteiger partial charge in [0.05, 0.1) is 0 Å². The Morgan fingerprint density at radius 1 is 1.00 bits per heavy atom. The molecule has 3 aliphatic heterocycles. The highest BCUT2D eigenvalue weighted by Crippen LogP contribution is 2.40. The number of ether oxygens (including phenoxy) is 3. The summed E-state index contributed by atoms with van der Waals surface area (Å²) >= 11 is 0. The van der Waals surface area contributed by atoms with Crippen molar-refractivity contribution in [2.24, 2.45) is 0 Å². The molecule has 0 unspecified atom stereocenters. The standard InChI is InChI=1S/C19H28N2O5S/c22-27(23,21-9-3-1-2-4-10-21)20-14-19(7-11-24-12-8-19)16-5-6-17-18(13-16)26-15-25-17/h5-6,13,20H,1-4,7-12,14-15H2. The monoisotopic (exact) mass is 396 g/mol. The minimum absolute atomic E-state index is 0.233. The second-order valence-electron chi connectivity index (χ2n) is 7.60. The van der Waals surface area contributed by atoms with E-state index >= 15 is 0 Å². The van der Waals surface area contributed by atoms with Crippen LogP contribution in [0.3, 0.4) is 0 Å². The van der Waals surface area contributed by atoms with E-state index in [4.69, 9.17) is 14.2 Å². The molecule has 0 saturated carbocycles. The fraction of sp³-hybridized carbons (Fsp3) is 0.684. The summed E-state index contributed by atoms with van der Waals surface area (Å²) in [6.07, 6.45) is 5.61. The third-order valence-corrected chi connectivity index (χ3v) is 7.49. The quantitative estimate of drug-likeness (QED) is 0.825. The summed E-state index contributed by atoms with van der Waals surface area (Å²) in [5.74, 6) is 1.47. The lowest BCUT2D eigenvalue weighted by Gasteiger charge is -2.38. The summed E-state index contributed by atoms with van der Waals surface area (Å²) in [5.41, 5.74) is 0.784. The van der Waals surface area contributed by atoms with Crippen LogP contribution < -0.4 is 14.2 Å². The lowest BCUT2D eigenvalue weighted by atomic mass is 9.74. The van der Waals surface area contributed by atoms with Gasteiger partial charge in [0.2, 0.25) is 6.79 Å². The van der Waals surface area contributed by atoms with Crippen LogP contribution in [0.25, 0.3) is 0 Å². The fourth-order valence-electron chi connectivity index (χ4n) is 4.16. The molecule has 7 nitrogen and oxygen atoms in total. The molecule has 0 aliphatic carbocycles. The topological polar surface area (TPSA) is 77.1 Å². The molecule has 8 heteroatoms. The molecule has 0 amide bonds. The highest BCUT2D eigenvalue weighted by molar-refractivity contribution is 7.87. The van der Waals surface area contributed by atoms with E-state index in [2.05, 4.69) is 4.72 Å². The van der Waals surface area contributed by atoms with E-state index in [1.165, 1.54) is 0 Å². The molecule has 1 aromatic rings. The van der Waals surface area contributed by atoms with Crippen molar-refractivity contribution < 1.29 is 22.6 Å². The third-order valence-electron chi connectivity index (χ3n) is 5.93. The predicted octanol–water partition coefficient (Wildman–Crippen LogP) is 2.17. The van der Waals surface area contributed by atoms with Gasteiger partial charge in [0.15, 0.2) is 11.5 Å².